The highest BCUT2D eigenvalue weighted by atomic mass is 16.5. The molecule has 118 valence electrons. The average Bonchev–Trinajstić information content (AvgIpc) is 3.22. The second-order valence-corrected chi connectivity index (χ2v) is 6.46. The summed E-state index contributed by atoms with van der Waals surface area (Å²) in [7, 11) is 1.56. The lowest BCUT2D eigenvalue weighted by Gasteiger charge is -2.16. The fourth-order valence-corrected chi connectivity index (χ4v) is 4.27. The van der Waals surface area contributed by atoms with Crippen LogP contribution in [0.15, 0.2) is 36.4 Å². The molecule has 2 saturated carbocycles. The fraction of sp³-hybridized carbons (Fsp3) is 0.389. The number of amides is 1. The van der Waals surface area contributed by atoms with E-state index in [1.54, 1.807) is 31.4 Å². The molecule has 23 heavy (non-hydrogen) atoms. The van der Waals surface area contributed by atoms with E-state index < -0.39 is 11.8 Å². The van der Waals surface area contributed by atoms with Gasteiger partial charge in [0.25, 0.3) is 0 Å². The number of hydrogen-bond acceptors (Lipinski definition) is 4. The van der Waals surface area contributed by atoms with E-state index in [1.165, 1.54) is 0 Å². The number of anilines is 1. The zero-order valence-electron chi connectivity index (χ0n) is 12.7. The molecule has 5 nitrogen and oxygen atoms in total. The molecule has 1 amide bonds. The van der Waals surface area contributed by atoms with Gasteiger partial charge in [-0.2, -0.15) is 0 Å². The fourth-order valence-electron chi connectivity index (χ4n) is 4.27. The molecule has 2 bridgehead atoms. The van der Waals surface area contributed by atoms with Crippen molar-refractivity contribution in [1.82, 2.24) is 0 Å². The lowest BCUT2D eigenvalue weighted by Crippen LogP contribution is -2.33. The summed E-state index contributed by atoms with van der Waals surface area (Å²) >= 11 is 0. The van der Waals surface area contributed by atoms with Gasteiger partial charge in [-0.15, -0.1) is 0 Å². The van der Waals surface area contributed by atoms with Crippen LogP contribution in [0.25, 0.3) is 0 Å². The number of carbonyl (C=O) groups is 3. The zero-order valence-corrected chi connectivity index (χ0v) is 12.7. The van der Waals surface area contributed by atoms with Gasteiger partial charge in [0.2, 0.25) is 5.91 Å². The topological polar surface area (TPSA) is 72.5 Å². The Labute approximate surface area is 133 Å². The number of rotatable bonds is 3. The largest absolute Gasteiger partial charge is 0.497 e. The van der Waals surface area contributed by atoms with Gasteiger partial charge in [0, 0.05) is 17.5 Å². The van der Waals surface area contributed by atoms with Crippen LogP contribution in [0.5, 0.6) is 5.75 Å². The summed E-state index contributed by atoms with van der Waals surface area (Å²) in [6.07, 6.45) is 4.93. The van der Waals surface area contributed by atoms with Crippen molar-refractivity contribution in [3.05, 3.63) is 36.4 Å². The Kier molecular flexibility index (Phi) is 3.11. The van der Waals surface area contributed by atoms with Gasteiger partial charge in [-0.05, 0) is 42.5 Å². The Bertz CT molecular complexity index is 691. The summed E-state index contributed by atoms with van der Waals surface area (Å²) in [5.74, 6) is -1.70. The predicted octanol–water partition coefficient (Wildman–Crippen LogP) is 1.84. The molecule has 1 aromatic carbocycles. The molecule has 4 unspecified atom stereocenters. The second-order valence-electron chi connectivity index (χ2n) is 6.46. The highest BCUT2D eigenvalue weighted by Crippen LogP contribution is 2.53. The van der Waals surface area contributed by atoms with Crippen LogP contribution in [0.3, 0.4) is 0 Å². The minimum Gasteiger partial charge on any atom is -0.497 e. The van der Waals surface area contributed by atoms with Crippen molar-refractivity contribution in [3.8, 4) is 5.75 Å². The van der Waals surface area contributed by atoms with Gasteiger partial charge in [0.05, 0.1) is 7.11 Å². The van der Waals surface area contributed by atoms with Crippen molar-refractivity contribution >= 4 is 23.2 Å². The molecule has 0 radical (unpaired) electrons. The van der Waals surface area contributed by atoms with Crippen molar-refractivity contribution in [3.63, 3.8) is 0 Å². The Morgan fingerprint density at radius 2 is 1.61 bits per heavy atom. The second kappa shape index (κ2) is 5.05. The molecule has 5 heteroatoms. The van der Waals surface area contributed by atoms with E-state index in [9.17, 15) is 14.4 Å². The maximum Gasteiger partial charge on any atom is 0.242 e. The molecule has 2 fully saturated rings. The summed E-state index contributed by atoms with van der Waals surface area (Å²) < 4.78 is 5.06. The molecule has 4 rings (SSSR count). The van der Waals surface area contributed by atoms with Crippen LogP contribution < -0.4 is 10.1 Å². The lowest BCUT2D eigenvalue weighted by molar-refractivity contribution is -0.136. The van der Waals surface area contributed by atoms with Crippen molar-refractivity contribution < 1.29 is 19.1 Å². The smallest absolute Gasteiger partial charge is 0.242 e. The third kappa shape index (κ3) is 2.03. The zero-order chi connectivity index (χ0) is 16.1. The van der Waals surface area contributed by atoms with Gasteiger partial charge in [-0.25, -0.2) is 0 Å². The highest BCUT2D eigenvalue weighted by molar-refractivity contribution is 6.27. The molecular formula is C18H17NO4. The summed E-state index contributed by atoms with van der Waals surface area (Å²) in [5.41, 5.74) is 0.551. The minimum absolute atomic E-state index is 0.139. The van der Waals surface area contributed by atoms with Gasteiger partial charge in [0.1, 0.15) is 5.75 Å². The summed E-state index contributed by atoms with van der Waals surface area (Å²) in [6.45, 7) is 0. The molecule has 1 aromatic rings. The molecular weight excluding hydrogens is 294 g/mol. The van der Waals surface area contributed by atoms with Crippen LogP contribution in [0.4, 0.5) is 5.69 Å². The number of benzene rings is 1. The van der Waals surface area contributed by atoms with Gasteiger partial charge in [0.15, 0.2) is 17.5 Å². The van der Waals surface area contributed by atoms with E-state index in [4.69, 9.17) is 4.74 Å². The third-order valence-electron chi connectivity index (χ3n) is 5.31. The first-order valence-corrected chi connectivity index (χ1v) is 7.81. The quantitative estimate of drug-likeness (QED) is 0.683. The molecule has 0 aliphatic heterocycles. The number of carbonyl (C=O) groups excluding carboxylic acids is 3. The monoisotopic (exact) mass is 311 g/mol. The third-order valence-corrected chi connectivity index (χ3v) is 5.31. The molecule has 0 saturated heterocycles. The van der Waals surface area contributed by atoms with E-state index in [0.717, 1.165) is 6.42 Å². The van der Waals surface area contributed by atoms with Crippen LogP contribution in [0.1, 0.15) is 6.42 Å². The van der Waals surface area contributed by atoms with Gasteiger partial charge in [-0.3, -0.25) is 14.4 Å². The lowest BCUT2D eigenvalue weighted by atomic mass is 9.85. The molecule has 4 atom stereocenters. The van der Waals surface area contributed by atoms with Gasteiger partial charge in [-0.1, -0.05) is 12.2 Å². The maximum atomic E-state index is 12.6. The summed E-state index contributed by atoms with van der Waals surface area (Å²) in [4.78, 5) is 37.6. The van der Waals surface area contributed by atoms with Crippen LogP contribution in [-0.4, -0.2) is 24.6 Å². The Morgan fingerprint density at radius 3 is 2.13 bits per heavy atom. The number of ketones is 2. The first-order valence-electron chi connectivity index (χ1n) is 7.81. The number of Topliss-reactive ketones (excluding diaryl/α,β-unsaturated/α-hetero) is 2. The first-order chi connectivity index (χ1) is 11.1. The van der Waals surface area contributed by atoms with Crippen LogP contribution in [0, 0.1) is 29.6 Å². The molecule has 0 aromatic heterocycles. The summed E-state index contributed by atoms with van der Waals surface area (Å²) in [6, 6.07) is 6.80. The number of hydrogen-bond donors (Lipinski definition) is 1. The van der Waals surface area contributed by atoms with Gasteiger partial charge < -0.3 is 10.1 Å². The number of fused-ring (bicyclic) bond motifs is 5. The van der Waals surface area contributed by atoms with Crippen LogP contribution in [-0.2, 0) is 14.4 Å². The number of ether oxygens (including phenoxy) is 1. The normalized spacial score (nSPS) is 33.9. The van der Waals surface area contributed by atoms with Crippen LogP contribution >= 0.6 is 0 Å². The number of methoxy groups -OCH3 is 1. The Hall–Kier alpha value is -2.43. The number of nitrogens with one attached hydrogen (secondary N) is 1. The SMILES string of the molecule is COc1ccc(NC(=O)C2C(=O)C3C4C=CC(C4)C3C2=O)cc1. The predicted molar refractivity (Wildman–Crippen MR) is 82.8 cm³/mol. The van der Waals surface area contributed by atoms with E-state index in [0.29, 0.717) is 11.4 Å². The molecule has 3 aliphatic rings. The van der Waals surface area contributed by atoms with E-state index in [2.05, 4.69) is 5.32 Å². The Balaban J connectivity index is 1.53. The van der Waals surface area contributed by atoms with Crippen LogP contribution in [0.2, 0.25) is 0 Å². The molecule has 0 heterocycles. The first kappa shape index (κ1) is 14.2. The molecule has 1 N–H and O–H groups in total. The van der Waals surface area contributed by atoms with E-state index in [-0.39, 0.29) is 35.2 Å². The van der Waals surface area contributed by atoms with Gasteiger partial charge >= 0.3 is 0 Å². The molecule has 0 spiro atoms. The summed E-state index contributed by atoms with van der Waals surface area (Å²) in [5, 5.41) is 2.68. The standard InChI is InChI=1S/C18H17NO4/c1-23-12-6-4-11(5-7-12)19-18(22)15-16(20)13-9-2-3-10(8-9)14(13)17(15)21/h2-7,9-10,13-15H,8H2,1H3,(H,19,22). The highest BCUT2D eigenvalue weighted by Gasteiger charge is 2.61. The Morgan fingerprint density at radius 1 is 1.04 bits per heavy atom. The van der Waals surface area contributed by atoms with Crippen molar-refractivity contribution in [2.75, 3.05) is 12.4 Å². The minimum atomic E-state index is -1.16. The van der Waals surface area contributed by atoms with Crippen molar-refractivity contribution in [2.45, 2.75) is 6.42 Å². The van der Waals surface area contributed by atoms with Crippen molar-refractivity contribution in [1.29, 1.82) is 0 Å². The van der Waals surface area contributed by atoms with E-state index >= 15 is 0 Å². The number of allylic oxidation sites excluding steroid dienone is 2. The maximum absolute atomic E-state index is 12.6. The molecule has 3 aliphatic carbocycles. The average molecular weight is 311 g/mol. The van der Waals surface area contributed by atoms with Crippen molar-refractivity contribution in [2.24, 2.45) is 29.6 Å². The van der Waals surface area contributed by atoms with E-state index in [1.807, 2.05) is 12.2 Å².